The van der Waals surface area contributed by atoms with E-state index in [4.69, 9.17) is 0 Å². The second-order valence-electron chi connectivity index (χ2n) is 11.7. The largest absolute Gasteiger partial charge is 0.376 e. The first kappa shape index (κ1) is 33.3. The lowest BCUT2D eigenvalue weighted by molar-refractivity contribution is -0.121. The summed E-state index contributed by atoms with van der Waals surface area (Å²) in [6, 6.07) is 12.7. The van der Waals surface area contributed by atoms with Gasteiger partial charge in [-0.25, -0.2) is 4.68 Å². The van der Waals surface area contributed by atoms with E-state index in [1.165, 1.54) is 0 Å². The van der Waals surface area contributed by atoms with Gasteiger partial charge in [-0.15, -0.1) is 5.10 Å². The fraction of sp³-hybridized carbons (Fsp3) is 0.314. The number of amides is 2. The van der Waals surface area contributed by atoms with Crippen molar-refractivity contribution in [3.05, 3.63) is 126 Å². The Morgan fingerprint density at radius 2 is 1.89 bits per heavy atom. The molecule has 0 saturated carbocycles. The molecule has 3 atom stereocenters. The number of nitrogens with zero attached hydrogens (tertiary/aromatic N) is 4. The van der Waals surface area contributed by atoms with Crippen LogP contribution in [0.25, 0.3) is 5.69 Å². The predicted octanol–water partition coefficient (Wildman–Crippen LogP) is 5.36. The third-order valence-corrected chi connectivity index (χ3v) is 8.24. The third kappa shape index (κ3) is 8.76. The molecule has 1 aromatic heterocycles. The third-order valence-electron chi connectivity index (χ3n) is 8.02. The van der Waals surface area contributed by atoms with Crippen LogP contribution in [0.15, 0.2) is 103 Å². The van der Waals surface area contributed by atoms with Gasteiger partial charge >= 0.3 is 0 Å². The van der Waals surface area contributed by atoms with Crippen molar-refractivity contribution < 1.29 is 9.59 Å². The van der Waals surface area contributed by atoms with Crippen LogP contribution in [0.2, 0.25) is 0 Å². The number of allylic oxidation sites excluding steroid dienone is 4. The van der Waals surface area contributed by atoms with Gasteiger partial charge < -0.3 is 20.3 Å². The summed E-state index contributed by atoms with van der Waals surface area (Å²) in [4.78, 5) is 28.6. The van der Waals surface area contributed by atoms with Crippen LogP contribution in [0.4, 0.5) is 0 Å². The summed E-state index contributed by atoms with van der Waals surface area (Å²) in [6.45, 7) is 14.3. The molecular formula is C35H43N7O2S. The van der Waals surface area contributed by atoms with Gasteiger partial charge in [0, 0.05) is 24.0 Å². The molecule has 0 spiro atoms. The van der Waals surface area contributed by atoms with Crippen molar-refractivity contribution in [1.29, 1.82) is 0 Å². The molecule has 236 valence electrons. The lowest BCUT2D eigenvalue weighted by Gasteiger charge is -2.33. The summed E-state index contributed by atoms with van der Waals surface area (Å²) in [5, 5.41) is 14.6. The minimum atomic E-state index is -0.623. The molecule has 4 rings (SSSR count). The van der Waals surface area contributed by atoms with Crippen molar-refractivity contribution in [2.45, 2.75) is 58.5 Å². The van der Waals surface area contributed by atoms with Crippen molar-refractivity contribution in [3.63, 3.8) is 0 Å². The highest BCUT2D eigenvalue weighted by Gasteiger charge is 2.28. The Bertz CT molecular complexity index is 1560. The molecule has 3 aromatic rings. The molecular weight excluding hydrogens is 582 g/mol. The first-order chi connectivity index (χ1) is 21.6. The number of likely N-dealkylation sites (N-methyl/N-ethyl adjacent to an activating group) is 1. The SMILES string of the molecule is C=CNC1=C(CCC(NC(=C)C(Cc2ccc(-n3ccnn3)cc2)N(C)C(=O)c2cc(C)cc(C)c2)C(=O)NS)C=CC(C)C1. The zero-order valence-corrected chi connectivity index (χ0v) is 27.3. The van der Waals surface area contributed by atoms with Crippen molar-refractivity contribution in [2.75, 3.05) is 7.05 Å². The molecule has 1 aliphatic carbocycles. The second-order valence-corrected chi connectivity index (χ2v) is 11.9. The minimum Gasteiger partial charge on any atom is -0.376 e. The number of benzene rings is 2. The first-order valence-electron chi connectivity index (χ1n) is 15.1. The molecule has 3 unspecified atom stereocenters. The molecule has 0 radical (unpaired) electrons. The molecule has 0 saturated heterocycles. The summed E-state index contributed by atoms with van der Waals surface area (Å²) in [6.07, 6.45) is 11.9. The van der Waals surface area contributed by atoms with E-state index in [0.717, 1.165) is 40.1 Å². The quantitative estimate of drug-likeness (QED) is 0.180. The zero-order valence-electron chi connectivity index (χ0n) is 26.5. The van der Waals surface area contributed by atoms with E-state index in [1.54, 1.807) is 35.2 Å². The molecule has 0 bridgehead atoms. The maximum atomic E-state index is 13.8. The molecule has 2 amide bonds. The average Bonchev–Trinajstić information content (AvgIpc) is 3.56. The van der Waals surface area contributed by atoms with Crippen LogP contribution in [-0.2, 0) is 11.2 Å². The fourth-order valence-corrected chi connectivity index (χ4v) is 5.82. The minimum absolute atomic E-state index is 0.129. The van der Waals surface area contributed by atoms with Crippen LogP contribution in [0.1, 0.15) is 53.2 Å². The van der Waals surface area contributed by atoms with Gasteiger partial charge in [-0.3, -0.25) is 9.59 Å². The van der Waals surface area contributed by atoms with Gasteiger partial charge in [0.2, 0.25) is 0 Å². The molecule has 0 fully saturated rings. The van der Waals surface area contributed by atoms with E-state index in [-0.39, 0.29) is 11.8 Å². The number of carbonyl (C=O) groups excluding carboxylic acids is 2. The Labute approximate surface area is 271 Å². The van der Waals surface area contributed by atoms with Crippen molar-refractivity contribution in [3.8, 4) is 5.69 Å². The number of rotatable bonds is 14. The van der Waals surface area contributed by atoms with Crippen molar-refractivity contribution in [1.82, 2.24) is 35.2 Å². The Morgan fingerprint density at radius 3 is 2.51 bits per heavy atom. The van der Waals surface area contributed by atoms with Crippen LogP contribution in [0, 0.1) is 19.8 Å². The first-order valence-corrected chi connectivity index (χ1v) is 15.5. The summed E-state index contributed by atoms with van der Waals surface area (Å²) in [5.74, 6) is 0.0172. The van der Waals surface area contributed by atoms with Gasteiger partial charge in [0.05, 0.1) is 24.1 Å². The van der Waals surface area contributed by atoms with Gasteiger partial charge in [0.25, 0.3) is 11.8 Å². The molecule has 1 aliphatic rings. The highest BCUT2D eigenvalue weighted by Crippen LogP contribution is 2.26. The van der Waals surface area contributed by atoms with E-state index < -0.39 is 12.1 Å². The van der Waals surface area contributed by atoms with E-state index >= 15 is 0 Å². The smallest absolute Gasteiger partial charge is 0.254 e. The van der Waals surface area contributed by atoms with Gasteiger partial charge in [-0.05, 0) is 87.1 Å². The predicted molar refractivity (Wildman–Crippen MR) is 183 cm³/mol. The van der Waals surface area contributed by atoms with Crippen LogP contribution in [-0.4, -0.2) is 50.8 Å². The van der Waals surface area contributed by atoms with Crippen LogP contribution < -0.4 is 15.4 Å². The molecule has 1 heterocycles. The normalized spacial score (nSPS) is 15.6. The maximum absolute atomic E-state index is 13.8. The number of hydrogen-bond donors (Lipinski definition) is 4. The zero-order chi connectivity index (χ0) is 32.5. The van der Waals surface area contributed by atoms with Crippen molar-refractivity contribution >= 4 is 24.6 Å². The van der Waals surface area contributed by atoms with E-state index in [9.17, 15) is 9.59 Å². The van der Waals surface area contributed by atoms with Gasteiger partial charge in [-0.1, -0.05) is 79.6 Å². The van der Waals surface area contributed by atoms with E-state index in [1.807, 2.05) is 56.3 Å². The summed E-state index contributed by atoms with van der Waals surface area (Å²) in [5.41, 5.74) is 7.30. The number of nitrogens with one attached hydrogen (secondary N) is 3. The second kappa shape index (κ2) is 15.4. The number of hydrogen-bond acceptors (Lipinski definition) is 7. The monoisotopic (exact) mass is 625 g/mol. The Morgan fingerprint density at radius 1 is 1.18 bits per heavy atom. The molecule has 0 aliphatic heterocycles. The van der Waals surface area contributed by atoms with E-state index in [0.29, 0.717) is 36.4 Å². The molecule has 3 N–H and O–H groups in total. The Kier molecular flexibility index (Phi) is 11.4. The Balaban J connectivity index is 1.59. The summed E-state index contributed by atoms with van der Waals surface area (Å²) in [7, 11) is 1.78. The number of aryl methyl sites for hydroxylation is 2. The molecule has 2 aromatic carbocycles. The average molecular weight is 626 g/mol. The lowest BCUT2D eigenvalue weighted by Crippen LogP contribution is -2.48. The number of thiol groups is 1. The molecule has 9 nitrogen and oxygen atoms in total. The number of carbonyl (C=O) groups is 2. The fourth-order valence-electron chi connectivity index (χ4n) is 5.67. The Hall–Kier alpha value is -4.57. The topological polar surface area (TPSA) is 104 Å². The maximum Gasteiger partial charge on any atom is 0.254 e. The van der Waals surface area contributed by atoms with E-state index in [2.05, 4.69) is 70.7 Å². The standard InChI is InChI=1S/C35H43N7O2S/c1-7-36-32-21-23(2)8-11-28(32)12-15-31(34(43)39-45)38-26(5)33(41(6)35(44)29-19-24(3)18-25(4)20-29)22-27-9-13-30(14-10-27)42-17-16-37-40-42/h7-11,13-14,16-20,23,31,33,36,38,45H,1,5,12,15,21-22H2,2-4,6H3,(H,39,43). The van der Waals surface area contributed by atoms with Gasteiger partial charge in [0.1, 0.15) is 6.04 Å². The highest BCUT2D eigenvalue weighted by molar-refractivity contribution is 7.78. The highest BCUT2D eigenvalue weighted by atomic mass is 32.1. The van der Waals surface area contributed by atoms with Gasteiger partial charge in [0.15, 0.2) is 0 Å². The summed E-state index contributed by atoms with van der Waals surface area (Å²) < 4.78 is 4.18. The van der Waals surface area contributed by atoms with Crippen LogP contribution in [0.3, 0.4) is 0 Å². The summed E-state index contributed by atoms with van der Waals surface area (Å²) >= 11 is 4.07. The molecule has 45 heavy (non-hydrogen) atoms. The van der Waals surface area contributed by atoms with Gasteiger partial charge in [-0.2, -0.15) is 0 Å². The lowest BCUT2D eigenvalue weighted by atomic mass is 9.91. The molecule has 10 heteroatoms. The van der Waals surface area contributed by atoms with Crippen LogP contribution in [0.5, 0.6) is 0 Å². The van der Waals surface area contributed by atoms with Crippen molar-refractivity contribution in [2.24, 2.45) is 5.92 Å². The number of aromatic nitrogens is 3. The van der Waals surface area contributed by atoms with Crippen LogP contribution >= 0.6 is 12.8 Å².